The van der Waals surface area contributed by atoms with E-state index in [0.29, 0.717) is 12.6 Å². The Balaban J connectivity index is 2.34. The van der Waals surface area contributed by atoms with Gasteiger partial charge >= 0.3 is 0 Å². The maximum atomic E-state index is 5.92. The van der Waals surface area contributed by atoms with E-state index in [2.05, 4.69) is 11.0 Å². The quantitative estimate of drug-likeness (QED) is 0.815. The minimum atomic E-state index is 0.413. The van der Waals surface area contributed by atoms with Crippen molar-refractivity contribution < 1.29 is 4.74 Å². The predicted octanol–water partition coefficient (Wildman–Crippen LogP) is 1.75. The van der Waals surface area contributed by atoms with Gasteiger partial charge in [0.15, 0.2) is 0 Å². The zero-order valence-corrected chi connectivity index (χ0v) is 9.36. The van der Waals surface area contributed by atoms with Crippen LogP contribution in [0.5, 0.6) is 5.75 Å². The first-order chi connectivity index (χ1) is 7.22. The maximum absolute atomic E-state index is 5.92. The van der Waals surface area contributed by atoms with Gasteiger partial charge in [-0.05, 0) is 18.9 Å². The number of benzene rings is 1. The first kappa shape index (κ1) is 10.3. The highest BCUT2D eigenvalue weighted by molar-refractivity contribution is 5.61. The van der Waals surface area contributed by atoms with Crippen molar-refractivity contribution in [2.45, 2.75) is 25.5 Å². The molecule has 15 heavy (non-hydrogen) atoms. The summed E-state index contributed by atoms with van der Waals surface area (Å²) in [6, 6.07) is 6.12. The molecule has 1 aromatic carbocycles. The Morgan fingerprint density at radius 2 is 2.13 bits per heavy atom. The molecule has 2 rings (SSSR count). The van der Waals surface area contributed by atoms with Crippen LogP contribution in [-0.4, -0.2) is 20.2 Å². The Morgan fingerprint density at radius 1 is 1.40 bits per heavy atom. The number of nitrogens with zero attached hydrogens (tertiary/aromatic N) is 1. The number of rotatable bonds is 4. The summed E-state index contributed by atoms with van der Waals surface area (Å²) in [7, 11) is 4.05. The summed E-state index contributed by atoms with van der Waals surface area (Å²) >= 11 is 0. The third-order valence-corrected chi connectivity index (χ3v) is 2.59. The van der Waals surface area contributed by atoms with Crippen molar-refractivity contribution in [3.63, 3.8) is 0 Å². The molecule has 0 saturated heterocycles. The molecule has 1 aromatic rings. The van der Waals surface area contributed by atoms with Gasteiger partial charge in [-0.3, -0.25) is 0 Å². The number of hydrogen-bond donors (Lipinski definition) is 1. The Morgan fingerprint density at radius 3 is 2.67 bits per heavy atom. The van der Waals surface area contributed by atoms with E-state index in [0.717, 1.165) is 17.0 Å². The van der Waals surface area contributed by atoms with Gasteiger partial charge in [-0.1, -0.05) is 12.1 Å². The van der Waals surface area contributed by atoms with E-state index in [9.17, 15) is 0 Å². The van der Waals surface area contributed by atoms with Crippen LogP contribution < -0.4 is 15.4 Å². The van der Waals surface area contributed by atoms with E-state index in [4.69, 9.17) is 10.5 Å². The normalized spacial score (nSPS) is 15.1. The highest BCUT2D eigenvalue weighted by Crippen LogP contribution is 2.36. The van der Waals surface area contributed by atoms with E-state index in [1.165, 1.54) is 12.8 Å². The van der Waals surface area contributed by atoms with Crippen LogP contribution in [0.25, 0.3) is 0 Å². The molecule has 0 atom stereocenters. The van der Waals surface area contributed by atoms with Crippen LogP contribution in [-0.2, 0) is 6.54 Å². The third kappa shape index (κ3) is 2.23. The first-order valence-corrected chi connectivity index (χ1v) is 5.38. The Bertz CT molecular complexity index is 345. The van der Waals surface area contributed by atoms with Crippen molar-refractivity contribution in [1.82, 2.24) is 0 Å². The molecule has 0 aromatic heterocycles. The molecule has 0 bridgehead atoms. The van der Waals surface area contributed by atoms with E-state index >= 15 is 0 Å². The molecule has 3 nitrogen and oxygen atoms in total. The molecule has 3 heteroatoms. The monoisotopic (exact) mass is 206 g/mol. The summed E-state index contributed by atoms with van der Waals surface area (Å²) in [5.41, 5.74) is 7.92. The number of ether oxygens (including phenoxy) is 1. The lowest BCUT2D eigenvalue weighted by Gasteiger charge is -2.20. The second-order valence-corrected chi connectivity index (χ2v) is 4.18. The van der Waals surface area contributed by atoms with Crippen LogP contribution in [0.1, 0.15) is 18.4 Å². The van der Waals surface area contributed by atoms with Crippen LogP contribution in [0.3, 0.4) is 0 Å². The van der Waals surface area contributed by atoms with E-state index in [1.807, 2.05) is 26.2 Å². The number of nitrogens with two attached hydrogens (primary N) is 1. The highest BCUT2D eigenvalue weighted by Gasteiger charge is 2.25. The molecule has 0 amide bonds. The molecule has 0 heterocycles. The SMILES string of the molecule is CN(C)c1cccc(CN)c1OC1CC1. The molecule has 1 aliphatic rings. The van der Waals surface area contributed by atoms with Crippen LogP contribution in [0.15, 0.2) is 18.2 Å². The summed E-state index contributed by atoms with van der Waals surface area (Å²) in [6.45, 7) is 0.531. The van der Waals surface area contributed by atoms with Crippen molar-refractivity contribution in [2.24, 2.45) is 5.73 Å². The van der Waals surface area contributed by atoms with Gasteiger partial charge in [0.2, 0.25) is 0 Å². The summed E-state index contributed by atoms with van der Waals surface area (Å²) in [5.74, 6) is 0.965. The van der Waals surface area contributed by atoms with Crippen molar-refractivity contribution in [3.8, 4) is 5.75 Å². The van der Waals surface area contributed by atoms with Gasteiger partial charge in [0.1, 0.15) is 5.75 Å². The minimum Gasteiger partial charge on any atom is -0.488 e. The third-order valence-electron chi connectivity index (χ3n) is 2.59. The van der Waals surface area contributed by atoms with E-state index in [-0.39, 0.29) is 0 Å². The first-order valence-electron chi connectivity index (χ1n) is 5.38. The van der Waals surface area contributed by atoms with Crippen LogP contribution >= 0.6 is 0 Å². The molecular weight excluding hydrogens is 188 g/mol. The lowest BCUT2D eigenvalue weighted by atomic mass is 10.1. The molecular formula is C12H18N2O. The van der Waals surface area contributed by atoms with Gasteiger partial charge < -0.3 is 15.4 Å². The minimum absolute atomic E-state index is 0.413. The average molecular weight is 206 g/mol. The standard InChI is InChI=1S/C12H18N2O/c1-14(2)11-5-3-4-9(8-13)12(11)15-10-6-7-10/h3-5,10H,6-8,13H2,1-2H3. The van der Waals surface area contributed by atoms with Gasteiger partial charge in [0.05, 0.1) is 11.8 Å². The fourth-order valence-corrected chi connectivity index (χ4v) is 1.57. The smallest absolute Gasteiger partial charge is 0.147 e. The summed E-state index contributed by atoms with van der Waals surface area (Å²) < 4.78 is 5.92. The number of para-hydroxylation sites is 1. The van der Waals surface area contributed by atoms with Crippen molar-refractivity contribution in [1.29, 1.82) is 0 Å². The molecule has 1 fully saturated rings. The largest absolute Gasteiger partial charge is 0.488 e. The molecule has 0 unspecified atom stereocenters. The van der Waals surface area contributed by atoms with E-state index < -0.39 is 0 Å². The summed E-state index contributed by atoms with van der Waals surface area (Å²) in [4.78, 5) is 2.07. The van der Waals surface area contributed by atoms with Gasteiger partial charge in [0.25, 0.3) is 0 Å². The Kier molecular flexibility index (Phi) is 2.82. The Labute approximate surface area is 90.8 Å². The fourth-order valence-electron chi connectivity index (χ4n) is 1.57. The lowest BCUT2D eigenvalue weighted by molar-refractivity contribution is 0.301. The fraction of sp³-hybridized carbons (Fsp3) is 0.500. The van der Waals surface area contributed by atoms with Gasteiger partial charge in [-0.15, -0.1) is 0 Å². The predicted molar refractivity (Wildman–Crippen MR) is 62.3 cm³/mol. The molecule has 1 saturated carbocycles. The van der Waals surface area contributed by atoms with Crippen molar-refractivity contribution in [3.05, 3.63) is 23.8 Å². The van der Waals surface area contributed by atoms with Crippen molar-refractivity contribution >= 4 is 5.69 Å². The van der Waals surface area contributed by atoms with Crippen molar-refractivity contribution in [2.75, 3.05) is 19.0 Å². The highest BCUT2D eigenvalue weighted by atomic mass is 16.5. The lowest BCUT2D eigenvalue weighted by Crippen LogP contribution is -2.13. The molecule has 2 N–H and O–H groups in total. The maximum Gasteiger partial charge on any atom is 0.147 e. The van der Waals surface area contributed by atoms with E-state index in [1.54, 1.807) is 0 Å². The summed E-state index contributed by atoms with van der Waals surface area (Å²) in [6.07, 6.45) is 2.76. The zero-order valence-electron chi connectivity index (χ0n) is 9.36. The van der Waals surface area contributed by atoms with Gasteiger partial charge in [-0.2, -0.15) is 0 Å². The van der Waals surface area contributed by atoms with Crippen LogP contribution in [0, 0.1) is 0 Å². The molecule has 82 valence electrons. The van der Waals surface area contributed by atoms with Gasteiger partial charge in [-0.25, -0.2) is 0 Å². The van der Waals surface area contributed by atoms with Gasteiger partial charge in [0, 0.05) is 26.2 Å². The summed E-state index contributed by atoms with van der Waals surface area (Å²) in [5, 5.41) is 0. The molecule has 0 spiro atoms. The van der Waals surface area contributed by atoms with Crippen LogP contribution in [0.4, 0.5) is 5.69 Å². The number of anilines is 1. The zero-order chi connectivity index (χ0) is 10.8. The Hall–Kier alpha value is -1.22. The molecule has 1 aliphatic carbocycles. The topological polar surface area (TPSA) is 38.5 Å². The second kappa shape index (κ2) is 4.11. The molecule has 0 aliphatic heterocycles. The molecule has 0 radical (unpaired) electrons. The second-order valence-electron chi connectivity index (χ2n) is 4.18. The number of hydrogen-bond acceptors (Lipinski definition) is 3. The van der Waals surface area contributed by atoms with Crippen LogP contribution in [0.2, 0.25) is 0 Å². The average Bonchev–Trinajstić information content (AvgIpc) is 3.01.